The Morgan fingerprint density at radius 3 is 1.07 bits per heavy atom. The highest BCUT2D eigenvalue weighted by Gasteiger charge is 2.45. The maximum atomic E-state index is 3.99. The summed E-state index contributed by atoms with van der Waals surface area (Å²) in [6, 6.07) is 91.1. The molecule has 13 aromatic rings. The molecule has 0 atom stereocenters. The molecule has 0 unspecified atom stereocenters. The van der Waals surface area contributed by atoms with Crippen molar-refractivity contribution >= 4 is 0 Å². The van der Waals surface area contributed by atoms with Crippen LogP contribution in [0.1, 0.15) is 343 Å². The molecule has 6 aliphatic carbocycles. The fourth-order valence-electron chi connectivity index (χ4n) is 22.8. The summed E-state index contributed by atoms with van der Waals surface area (Å²) < 4.78 is 0. The Morgan fingerprint density at radius 2 is 0.647 bits per heavy atom. The van der Waals surface area contributed by atoms with E-state index in [1.807, 2.05) is 24.3 Å². The predicted molar refractivity (Wildman–Crippen MR) is 594 cm³/mol. The lowest BCUT2D eigenvalue weighted by molar-refractivity contribution is 0.547. The Hall–Kier alpha value is -11.7. The van der Waals surface area contributed by atoms with Gasteiger partial charge in [-0.05, 0) is 378 Å². The van der Waals surface area contributed by atoms with E-state index in [9.17, 15) is 0 Å². The lowest BCUT2D eigenvalue weighted by atomic mass is 9.68. The molecule has 0 spiro atoms. The summed E-state index contributed by atoms with van der Waals surface area (Å²) in [4.78, 5) is 0. The molecular weight excluding hydrogens is 1630 g/mol. The van der Waals surface area contributed by atoms with E-state index < -0.39 is 0 Å². The zero-order valence-electron chi connectivity index (χ0n) is 85.7. The van der Waals surface area contributed by atoms with Crippen LogP contribution in [0.2, 0.25) is 0 Å². The minimum Gasteiger partial charge on any atom is -0.103 e. The third-order valence-electron chi connectivity index (χ3n) is 30.1. The van der Waals surface area contributed by atoms with Gasteiger partial charge in [0.15, 0.2) is 0 Å². The van der Waals surface area contributed by atoms with Crippen molar-refractivity contribution in [3.63, 3.8) is 0 Å². The number of hydrogen-bond acceptors (Lipinski definition) is 0. The Bertz CT molecular complexity index is 6160. The molecule has 0 bridgehead atoms. The van der Waals surface area contributed by atoms with Gasteiger partial charge in [0.05, 0.1) is 0 Å². The molecule has 0 aromatic heterocycles. The molecule has 136 heavy (non-hydrogen) atoms. The smallest absolute Gasteiger partial charge is 0.0463 e. The maximum Gasteiger partial charge on any atom is 0.0463 e. The maximum absolute atomic E-state index is 3.99. The predicted octanol–water partition coefficient (Wildman–Crippen LogP) is 38.9. The van der Waals surface area contributed by atoms with Crippen LogP contribution in [0.15, 0.2) is 312 Å². The standard InChI is InChI=1S/C32H38.C23H28.C22H26.2C20H22.C19H20/c1-5-7-9-10-12-26-15-17-27(18-16-26)32(21-11-8-6-2)30-22-24(3)13-19-28(30)29-20-14-25(4)23-31(29)32;1-4-5-6-7-8-9-10-19-22-15-17(2)11-13-20(22)21-14-12-18(3)16-23(19)21;1-4-7-8-9-18-19-12-10-16(5-2)14-21(19)22-15-17(6-3)11-13-20(18)22;1-13(2)5-8-18-19-11-14(3)6-9-16(19)17-10-7-15(4)12-20(17)18;1-4-5-6-7-16-19-12-14(2)8-10-17(19)18-11-9-15(3)13-20(16)18;1-4-5-6-15-12-19-17(10-14(15)3)11-16-9-13(2)7-8-18(16)19/h6,13-20,22-23H,2,5,7-12,21H2,1,3-4H3;4,11-16,19H,1,5-10H2,2-3H3;4,10-15,18H,1,5-9H2,2-3H3;5-7,9-12,18H,8H2,1-4H3;4,8-13,16H,1,5-7H2,2-3H3;4,7-10,12H,1,5-6,11H2,2-3H3. The Labute approximate surface area is 822 Å². The minimum atomic E-state index is -0.0769. The average molecular weight is 1790 g/mol. The molecule has 0 radical (unpaired) electrons. The number of fused-ring (bicyclic) bond motifs is 18. The molecule has 0 saturated heterocycles. The zero-order chi connectivity index (χ0) is 96.1. The van der Waals surface area contributed by atoms with Gasteiger partial charge in [-0.2, -0.15) is 0 Å². The second-order valence-corrected chi connectivity index (χ2v) is 40.8. The summed E-state index contributed by atoms with van der Waals surface area (Å²) in [6.07, 6.45) is 43.7. The monoisotopic (exact) mass is 1790 g/mol. The molecule has 700 valence electrons. The van der Waals surface area contributed by atoms with Gasteiger partial charge in [0, 0.05) is 29.1 Å². The molecule has 0 nitrogen and oxygen atoms in total. The molecule has 0 aliphatic heterocycles. The van der Waals surface area contributed by atoms with Crippen LogP contribution >= 0.6 is 0 Å². The van der Waals surface area contributed by atoms with Crippen molar-refractivity contribution in [2.24, 2.45) is 0 Å². The van der Waals surface area contributed by atoms with E-state index in [0.717, 1.165) is 77.0 Å². The van der Waals surface area contributed by atoms with E-state index in [2.05, 4.69) is 385 Å². The van der Waals surface area contributed by atoms with Gasteiger partial charge in [0.2, 0.25) is 0 Å². The van der Waals surface area contributed by atoms with Gasteiger partial charge in [-0.15, -0.1) is 32.9 Å². The van der Waals surface area contributed by atoms with Crippen LogP contribution in [0.25, 0.3) is 66.8 Å². The molecule has 0 heteroatoms. The normalized spacial score (nSPS) is 13.0. The SMILES string of the molecule is C=CCCCC1(c2ccc(CCCCCC)cc2)c2cc(C)ccc2-c2ccc(C)cc21.C=CCCCC1c2cc(C)ccc2-c2ccc(C)cc21.C=CCCCC1c2ccc(CC)cc2-c2cc(CC)ccc21.C=CCCCCCCC1c2cc(C)ccc2-c2ccc(C)cc21.C=CCCc1cc2c(cc1C)Cc1cc(C)ccc1-2.CC(C)=CCC1c2cc(C)ccc2-c2ccc(C)cc21. The third-order valence-corrected chi connectivity index (χ3v) is 30.1. The highest BCUT2D eigenvalue weighted by molar-refractivity contribution is 5.86. The van der Waals surface area contributed by atoms with Crippen molar-refractivity contribution in [3.8, 4) is 66.8 Å². The van der Waals surface area contributed by atoms with E-state index in [0.29, 0.717) is 23.7 Å². The van der Waals surface area contributed by atoms with Crippen molar-refractivity contribution in [1.29, 1.82) is 0 Å². The van der Waals surface area contributed by atoms with E-state index in [4.69, 9.17) is 0 Å². The van der Waals surface area contributed by atoms with Gasteiger partial charge in [0.1, 0.15) is 0 Å². The summed E-state index contributed by atoms with van der Waals surface area (Å²) in [5.41, 5.74) is 57.7. The van der Waals surface area contributed by atoms with Gasteiger partial charge in [-0.3, -0.25) is 0 Å². The number of rotatable bonds is 32. The number of unbranched alkanes of at least 4 members (excludes halogenated alkanes) is 10. The molecule has 19 rings (SSSR count). The molecule has 13 aromatic carbocycles. The first kappa shape index (κ1) is 100. The molecule has 6 aliphatic rings. The number of hydrogen-bond donors (Lipinski definition) is 0. The summed E-state index contributed by atoms with van der Waals surface area (Å²) >= 11 is 0. The van der Waals surface area contributed by atoms with Crippen LogP contribution in [-0.4, -0.2) is 0 Å². The van der Waals surface area contributed by atoms with Gasteiger partial charge >= 0.3 is 0 Å². The Balaban J connectivity index is 0.000000132. The van der Waals surface area contributed by atoms with Crippen LogP contribution in [0, 0.1) is 69.2 Å². The molecule has 0 fully saturated rings. The van der Waals surface area contributed by atoms with Gasteiger partial charge < -0.3 is 0 Å². The molecule has 0 heterocycles. The summed E-state index contributed by atoms with van der Waals surface area (Å²) in [5.74, 6) is 2.26. The second kappa shape index (κ2) is 47.4. The van der Waals surface area contributed by atoms with E-state index >= 15 is 0 Å². The first-order chi connectivity index (χ1) is 66.0. The van der Waals surface area contributed by atoms with Crippen molar-refractivity contribution < 1.29 is 0 Å². The van der Waals surface area contributed by atoms with E-state index in [1.54, 1.807) is 11.1 Å². The Morgan fingerprint density at radius 1 is 0.287 bits per heavy atom. The molecule has 0 saturated carbocycles. The quantitative estimate of drug-likeness (QED) is 0.0291. The topological polar surface area (TPSA) is 0 Å². The number of benzene rings is 13. The summed E-state index contributed by atoms with van der Waals surface area (Å²) in [6.45, 7) is 52.5. The Kier molecular flexibility index (Phi) is 34.9. The van der Waals surface area contributed by atoms with Gasteiger partial charge in [-0.25, -0.2) is 0 Å². The van der Waals surface area contributed by atoms with Crippen molar-refractivity contribution in [1.82, 2.24) is 0 Å². The summed E-state index contributed by atoms with van der Waals surface area (Å²) in [5, 5.41) is 0. The van der Waals surface area contributed by atoms with E-state index in [1.165, 1.54) is 301 Å². The highest BCUT2D eigenvalue weighted by atomic mass is 14.5. The third kappa shape index (κ3) is 23.2. The van der Waals surface area contributed by atoms with Gasteiger partial charge in [0.25, 0.3) is 0 Å². The number of aryl methyl sites for hydroxylation is 14. The molecule has 0 N–H and O–H groups in total. The zero-order valence-corrected chi connectivity index (χ0v) is 85.7. The van der Waals surface area contributed by atoms with E-state index in [-0.39, 0.29) is 5.41 Å². The second-order valence-electron chi connectivity index (χ2n) is 40.8. The minimum absolute atomic E-state index is 0.0769. The van der Waals surface area contributed by atoms with Crippen molar-refractivity contribution in [2.45, 2.75) is 300 Å². The van der Waals surface area contributed by atoms with Crippen molar-refractivity contribution in [3.05, 3.63) is 462 Å². The average Bonchev–Trinajstić information content (AvgIpc) is 1.54. The summed E-state index contributed by atoms with van der Waals surface area (Å²) in [7, 11) is 0. The lowest BCUT2D eigenvalue weighted by Gasteiger charge is -2.34. The molecular formula is C136H156. The van der Waals surface area contributed by atoms with Crippen LogP contribution in [0.4, 0.5) is 0 Å². The first-order valence-corrected chi connectivity index (χ1v) is 52.2. The van der Waals surface area contributed by atoms with Gasteiger partial charge in [-0.1, -0.05) is 388 Å². The number of allylic oxidation sites excluding steroid dienone is 7. The highest BCUT2D eigenvalue weighted by Crippen LogP contribution is 2.57. The fraction of sp³-hybridized carbons (Fsp3) is 0.338. The largest absolute Gasteiger partial charge is 0.103 e. The van der Waals surface area contributed by atoms with Crippen LogP contribution < -0.4 is 0 Å². The van der Waals surface area contributed by atoms with Crippen LogP contribution in [0.5, 0.6) is 0 Å². The van der Waals surface area contributed by atoms with Crippen molar-refractivity contribution in [2.75, 3.05) is 0 Å². The fourth-order valence-corrected chi connectivity index (χ4v) is 22.8. The first-order valence-electron chi connectivity index (χ1n) is 52.2. The van der Waals surface area contributed by atoms with Crippen LogP contribution in [0.3, 0.4) is 0 Å². The molecule has 0 amide bonds. The van der Waals surface area contributed by atoms with Crippen LogP contribution in [-0.2, 0) is 37.5 Å². The lowest BCUT2D eigenvalue weighted by Crippen LogP contribution is -2.27.